The zero-order chi connectivity index (χ0) is 23.5. The molecule has 0 bridgehead atoms. The highest BCUT2D eigenvalue weighted by Crippen LogP contribution is 2.30. The van der Waals surface area contributed by atoms with Crippen molar-refractivity contribution in [2.45, 2.75) is 0 Å². The summed E-state index contributed by atoms with van der Waals surface area (Å²) in [6.45, 7) is 0. The van der Waals surface area contributed by atoms with Gasteiger partial charge in [-0.05, 0) is 65.7 Å². The molecule has 4 aromatic rings. The van der Waals surface area contributed by atoms with Crippen molar-refractivity contribution < 1.29 is 13.9 Å². The summed E-state index contributed by atoms with van der Waals surface area (Å²) in [7, 11) is 3.29. The predicted octanol–water partition coefficient (Wildman–Crippen LogP) is 5.94. The molecule has 0 fully saturated rings. The van der Waals surface area contributed by atoms with Gasteiger partial charge in [-0.3, -0.25) is 5.43 Å². The number of hydrogen-bond donors (Lipinski definition) is 1. The fourth-order valence-electron chi connectivity index (χ4n) is 3.80. The molecule has 34 heavy (non-hydrogen) atoms. The van der Waals surface area contributed by atoms with Gasteiger partial charge in [0.15, 0.2) is 5.84 Å². The molecule has 1 aliphatic rings. The van der Waals surface area contributed by atoms with E-state index in [-0.39, 0.29) is 5.82 Å². The van der Waals surface area contributed by atoms with Crippen LogP contribution in [0.15, 0.2) is 101 Å². The molecule has 1 N–H and O–H groups in total. The van der Waals surface area contributed by atoms with Gasteiger partial charge in [-0.15, -0.1) is 0 Å². The maximum atomic E-state index is 13.4. The van der Waals surface area contributed by atoms with Gasteiger partial charge in [0.2, 0.25) is 0 Å². The van der Waals surface area contributed by atoms with E-state index in [0.29, 0.717) is 11.6 Å². The van der Waals surface area contributed by atoms with E-state index in [2.05, 4.69) is 22.7 Å². The Bertz CT molecular complexity index is 1380. The van der Waals surface area contributed by atoms with Crippen LogP contribution in [0.3, 0.4) is 0 Å². The van der Waals surface area contributed by atoms with E-state index < -0.39 is 0 Å². The van der Waals surface area contributed by atoms with E-state index in [1.807, 2.05) is 54.6 Å². The summed E-state index contributed by atoms with van der Waals surface area (Å²) in [6.07, 6.45) is 0. The van der Waals surface area contributed by atoms with Crippen LogP contribution in [0.5, 0.6) is 11.5 Å². The molecular formula is C28H22FN3O2. The van der Waals surface area contributed by atoms with E-state index in [9.17, 15) is 4.39 Å². The number of nitrogens with zero attached hydrogens (tertiary/aromatic N) is 2. The highest BCUT2D eigenvalue weighted by Gasteiger charge is 2.18. The van der Waals surface area contributed by atoms with E-state index >= 15 is 0 Å². The highest BCUT2D eigenvalue weighted by molar-refractivity contribution is 6.18. The van der Waals surface area contributed by atoms with Crippen molar-refractivity contribution in [2.75, 3.05) is 14.2 Å². The first-order valence-electron chi connectivity index (χ1n) is 10.8. The third-order valence-electron chi connectivity index (χ3n) is 5.66. The number of ether oxygens (including phenoxy) is 2. The second-order valence-corrected chi connectivity index (χ2v) is 7.73. The molecule has 0 atom stereocenters. The Kier molecular flexibility index (Phi) is 5.79. The number of hydrogen-bond acceptors (Lipinski definition) is 5. The first-order valence-corrected chi connectivity index (χ1v) is 10.8. The lowest BCUT2D eigenvalue weighted by Crippen LogP contribution is -2.19. The largest absolute Gasteiger partial charge is 0.497 e. The van der Waals surface area contributed by atoms with Gasteiger partial charge < -0.3 is 9.47 Å². The van der Waals surface area contributed by atoms with Gasteiger partial charge in [-0.25, -0.2) is 9.38 Å². The summed E-state index contributed by atoms with van der Waals surface area (Å²) in [5.41, 5.74) is 9.22. The molecule has 6 heteroatoms. The maximum Gasteiger partial charge on any atom is 0.154 e. The number of amidine groups is 1. The maximum absolute atomic E-state index is 13.4. The average molecular weight is 452 g/mol. The van der Waals surface area contributed by atoms with Gasteiger partial charge in [-0.2, -0.15) is 5.10 Å². The van der Waals surface area contributed by atoms with Gasteiger partial charge in [-0.1, -0.05) is 36.4 Å². The van der Waals surface area contributed by atoms with Crippen LogP contribution in [-0.2, 0) is 0 Å². The minimum Gasteiger partial charge on any atom is -0.497 e. The molecular weight excluding hydrogens is 429 g/mol. The Morgan fingerprint density at radius 1 is 0.647 bits per heavy atom. The summed E-state index contributed by atoms with van der Waals surface area (Å²) in [5.74, 6) is 1.77. The molecule has 0 saturated heterocycles. The molecule has 4 aromatic carbocycles. The molecule has 0 spiro atoms. The third kappa shape index (κ3) is 4.26. The lowest BCUT2D eigenvalue weighted by molar-refractivity contribution is 0.414. The number of methoxy groups -OCH3 is 2. The topological polar surface area (TPSA) is 55.2 Å². The highest BCUT2D eigenvalue weighted by atomic mass is 19.1. The molecule has 0 radical (unpaired) electrons. The molecule has 0 unspecified atom stereocenters. The molecule has 1 aliphatic heterocycles. The SMILES string of the molecule is COc1ccc(-c2ccc(C3=NNC(c4ccc(F)cc4)=Nc4ccc(OC)cc43)cc2)cc1. The first kappa shape index (κ1) is 21.4. The number of nitrogens with one attached hydrogen (secondary N) is 1. The number of hydrazone groups is 1. The average Bonchev–Trinajstić information content (AvgIpc) is 3.08. The Morgan fingerprint density at radius 2 is 1.21 bits per heavy atom. The van der Waals surface area contributed by atoms with Crippen LogP contribution in [0.1, 0.15) is 16.7 Å². The Morgan fingerprint density at radius 3 is 1.85 bits per heavy atom. The van der Waals surface area contributed by atoms with Crippen LogP contribution in [0, 0.1) is 5.82 Å². The van der Waals surface area contributed by atoms with Crippen LogP contribution in [0.4, 0.5) is 10.1 Å². The minimum atomic E-state index is -0.302. The van der Waals surface area contributed by atoms with Crippen molar-refractivity contribution in [1.29, 1.82) is 0 Å². The van der Waals surface area contributed by atoms with Crippen molar-refractivity contribution >= 4 is 17.2 Å². The third-order valence-corrected chi connectivity index (χ3v) is 5.66. The normalized spacial score (nSPS) is 12.6. The van der Waals surface area contributed by atoms with Gasteiger partial charge in [0.25, 0.3) is 0 Å². The molecule has 1 heterocycles. The summed E-state index contributed by atoms with van der Waals surface area (Å²) >= 11 is 0. The minimum absolute atomic E-state index is 0.302. The summed E-state index contributed by atoms with van der Waals surface area (Å²) < 4.78 is 24.1. The summed E-state index contributed by atoms with van der Waals surface area (Å²) in [4.78, 5) is 4.77. The van der Waals surface area contributed by atoms with Crippen LogP contribution >= 0.6 is 0 Å². The van der Waals surface area contributed by atoms with E-state index in [1.54, 1.807) is 26.4 Å². The van der Waals surface area contributed by atoms with Gasteiger partial charge in [0, 0.05) is 16.7 Å². The number of fused-ring (bicyclic) bond motifs is 1. The van der Waals surface area contributed by atoms with E-state index in [1.165, 1.54) is 12.1 Å². The van der Waals surface area contributed by atoms with Gasteiger partial charge in [0.1, 0.15) is 23.0 Å². The predicted molar refractivity (Wildman–Crippen MR) is 133 cm³/mol. The summed E-state index contributed by atoms with van der Waals surface area (Å²) in [6, 6.07) is 28.0. The summed E-state index contributed by atoms with van der Waals surface area (Å²) in [5, 5.41) is 4.69. The fourth-order valence-corrected chi connectivity index (χ4v) is 3.80. The Hall–Kier alpha value is -4.45. The lowest BCUT2D eigenvalue weighted by Gasteiger charge is -2.11. The number of benzene rings is 4. The van der Waals surface area contributed by atoms with Crippen molar-refractivity contribution in [3.63, 3.8) is 0 Å². The van der Waals surface area contributed by atoms with Crippen LogP contribution in [0.25, 0.3) is 11.1 Å². The van der Waals surface area contributed by atoms with Crippen molar-refractivity contribution in [3.8, 4) is 22.6 Å². The molecule has 168 valence electrons. The number of halogens is 1. The molecule has 0 aromatic heterocycles. The second-order valence-electron chi connectivity index (χ2n) is 7.73. The van der Waals surface area contributed by atoms with Crippen molar-refractivity contribution in [1.82, 2.24) is 5.43 Å². The zero-order valence-electron chi connectivity index (χ0n) is 18.7. The Balaban J connectivity index is 1.54. The monoisotopic (exact) mass is 451 g/mol. The van der Waals surface area contributed by atoms with Crippen LogP contribution in [0.2, 0.25) is 0 Å². The number of rotatable bonds is 5. The zero-order valence-corrected chi connectivity index (χ0v) is 18.7. The molecule has 5 rings (SSSR count). The van der Waals surface area contributed by atoms with E-state index in [4.69, 9.17) is 14.5 Å². The Labute approximate surface area is 197 Å². The molecule has 5 nitrogen and oxygen atoms in total. The van der Waals surface area contributed by atoms with Crippen LogP contribution < -0.4 is 14.9 Å². The molecule has 0 saturated carbocycles. The number of aliphatic imine (C=N–C) groups is 1. The fraction of sp³-hybridized carbons (Fsp3) is 0.0714. The molecule has 0 amide bonds. The quantitative estimate of drug-likeness (QED) is 0.408. The van der Waals surface area contributed by atoms with Crippen molar-refractivity contribution in [3.05, 3.63) is 114 Å². The van der Waals surface area contributed by atoms with Gasteiger partial charge in [0.05, 0.1) is 19.9 Å². The van der Waals surface area contributed by atoms with Crippen LogP contribution in [-0.4, -0.2) is 25.8 Å². The smallest absolute Gasteiger partial charge is 0.154 e. The van der Waals surface area contributed by atoms with E-state index in [0.717, 1.165) is 45.0 Å². The second kappa shape index (κ2) is 9.19. The lowest BCUT2D eigenvalue weighted by atomic mass is 9.97. The van der Waals surface area contributed by atoms with Crippen molar-refractivity contribution in [2.24, 2.45) is 10.1 Å². The standard InChI is InChI=1S/C28H22FN3O2/c1-33-23-13-9-19(10-14-23)18-3-5-20(6-4-18)27-25-17-24(34-2)15-16-26(25)30-28(32-31-27)21-7-11-22(29)12-8-21/h3-17H,1-2H3,(H,30,32). The molecule has 0 aliphatic carbocycles. The first-order chi connectivity index (χ1) is 16.6. The van der Waals surface area contributed by atoms with Gasteiger partial charge >= 0.3 is 0 Å².